The van der Waals surface area contributed by atoms with Crippen molar-refractivity contribution in [3.8, 4) is 0 Å². The van der Waals surface area contributed by atoms with Gasteiger partial charge in [-0.2, -0.15) is 0 Å². The molecule has 1 aromatic carbocycles. The maximum atomic E-state index is 12.9. The number of aromatic carboxylic acids is 1. The number of carbonyl (C=O) groups is 1. The number of nitrogens with one attached hydrogen (secondary N) is 1. The summed E-state index contributed by atoms with van der Waals surface area (Å²) in [5.41, 5.74) is 0.523. The number of nitrogens with zero attached hydrogens (tertiary/aromatic N) is 1. The van der Waals surface area contributed by atoms with Gasteiger partial charge in [-0.15, -0.1) is 0 Å². The second-order valence-corrected chi connectivity index (χ2v) is 4.32. The van der Waals surface area contributed by atoms with Gasteiger partial charge in [0.15, 0.2) is 11.5 Å². The molecule has 0 bridgehead atoms. The van der Waals surface area contributed by atoms with Crippen LogP contribution in [0, 0.1) is 5.82 Å². The Morgan fingerprint density at radius 3 is 2.89 bits per heavy atom. The normalized spacial score (nSPS) is 10.3. The number of carboxylic acid groups (broad SMARTS) is 1. The second kappa shape index (κ2) is 5.18. The van der Waals surface area contributed by atoms with E-state index in [4.69, 9.17) is 9.63 Å². The maximum absolute atomic E-state index is 12.9. The Hall–Kier alpha value is -1.89. The van der Waals surface area contributed by atoms with Gasteiger partial charge in [0, 0.05) is 16.2 Å². The summed E-state index contributed by atoms with van der Waals surface area (Å²) in [5.74, 6) is -1.11. The molecule has 0 unspecified atom stereocenters. The molecule has 18 heavy (non-hydrogen) atoms. The molecule has 0 fully saturated rings. The fraction of sp³-hybridized carbons (Fsp3) is 0.0909. The van der Waals surface area contributed by atoms with Gasteiger partial charge < -0.3 is 14.9 Å². The van der Waals surface area contributed by atoms with Crippen molar-refractivity contribution < 1.29 is 18.8 Å². The lowest BCUT2D eigenvalue weighted by Gasteiger charge is -2.06. The van der Waals surface area contributed by atoms with Crippen LogP contribution in [-0.2, 0) is 6.54 Å². The van der Waals surface area contributed by atoms with Crippen molar-refractivity contribution in [1.29, 1.82) is 0 Å². The Bertz CT molecular complexity index is 585. The third-order valence-electron chi connectivity index (χ3n) is 2.16. The topological polar surface area (TPSA) is 75.4 Å². The average molecular weight is 315 g/mol. The number of halogens is 2. The van der Waals surface area contributed by atoms with Crippen LogP contribution in [0.3, 0.4) is 0 Å². The molecule has 5 nitrogen and oxygen atoms in total. The van der Waals surface area contributed by atoms with Gasteiger partial charge >= 0.3 is 5.97 Å². The first kappa shape index (κ1) is 12.6. The van der Waals surface area contributed by atoms with Crippen molar-refractivity contribution in [3.63, 3.8) is 0 Å². The van der Waals surface area contributed by atoms with E-state index in [9.17, 15) is 9.18 Å². The van der Waals surface area contributed by atoms with Crippen molar-refractivity contribution in [2.45, 2.75) is 6.54 Å². The molecule has 0 saturated carbocycles. The first-order valence-corrected chi connectivity index (χ1v) is 5.73. The number of rotatable bonds is 4. The minimum atomic E-state index is -1.15. The van der Waals surface area contributed by atoms with Crippen molar-refractivity contribution in [3.05, 3.63) is 46.0 Å². The SMILES string of the molecule is O=C(O)c1cc(CNc2ccc(F)cc2Br)on1. The molecule has 0 aliphatic heterocycles. The van der Waals surface area contributed by atoms with Crippen molar-refractivity contribution in [1.82, 2.24) is 5.16 Å². The van der Waals surface area contributed by atoms with Crippen LogP contribution in [0.25, 0.3) is 0 Å². The van der Waals surface area contributed by atoms with Crippen LogP contribution in [0.4, 0.5) is 10.1 Å². The van der Waals surface area contributed by atoms with E-state index < -0.39 is 5.97 Å². The van der Waals surface area contributed by atoms with Crippen LogP contribution in [0.2, 0.25) is 0 Å². The summed E-state index contributed by atoms with van der Waals surface area (Å²) in [6.07, 6.45) is 0. The minimum Gasteiger partial charge on any atom is -0.476 e. The molecule has 0 radical (unpaired) electrons. The number of carboxylic acids is 1. The molecule has 7 heteroatoms. The predicted molar refractivity (Wildman–Crippen MR) is 64.9 cm³/mol. The number of hydrogen-bond acceptors (Lipinski definition) is 4. The molecule has 1 aromatic heterocycles. The molecule has 1 heterocycles. The van der Waals surface area contributed by atoms with E-state index >= 15 is 0 Å². The highest BCUT2D eigenvalue weighted by atomic mass is 79.9. The molecule has 0 amide bonds. The first-order chi connectivity index (χ1) is 8.56. The molecule has 2 rings (SSSR count). The molecular formula is C11H8BrFN2O3. The summed E-state index contributed by atoms with van der Waals surface area (Å²) in [6, 6.07) is 5.53. The van der Waals surface area contributed by atoms with E-state index in [1.165, 1.54) is 18.2 Å². The lowest BCUT2D eigenvalue weighted by atomic mass is 10.3. The fourth-order valence-corrected chi connectivity index (χ4v) is 1.80. The lowest BCUT2D eigenvalue weighted by Crippen LogP contribution is -1.99. The fourth-order valence-electron chi connectivity index (χ4n) is 1.31. The summed E-state index contributed by atoms with van der Waals surface area (Å²) in [4.78, 5) is 10.6. The van der Waals surface area contributed by atoms with E-state index in [0.717, 1.165) is 0 Å². The molecule has 2 aromatic rings. The highest BCUT2D eigenvalue weighted by Gasteiger charge is 2.10. The smallest absolute Gasteiger partial charge is 0.358 e. The Balaban J connectivity index is 2.04. The zero-order valence-electron chi connectivity index (χ0n) is 8.98. The van der Waals surface area contributed by atoms with Crippen LogP contribution in [0.1, 0.15) is 16.2 Å². The van der Waals surface area contributed by atoms with E-state index in [-0.39, 0.29) is 18.1 Å². The summed E-state index contributed by atoms with van der Waals surface area (Å²) >= 11 is 3.21. The second-order valence-electron chi connectivity index (χ2n) is 3.46. The van der Waals surface area contributed by atoms with Crippen LogP contribution < -0.4 is 5.32 Å². The highest BCUT2D eigenvalue weighted by molar-refractivity contribution is 9.10. The first-order valence-electron chi connectivity index (χ1n) is 4.94. The molecule has 0 spiro atoms. The predicted octanol–water partition coefficient (Wildman–Crippen LogP) is 2.89. The van der Waals surface area contributed by atoms with Gasteiger partial charge in [0.05, 0.1) is 6.54 Å². The zero-order chi connectivity index (χ0) is 13.1. The van der Waals surface area contributed by atoms with Crippen molar-refractivity contribution >= 4 is 27.6 Å². The maximum Gasteiger partial charge on any atom is 0.358 e. The summed E-state index contributed by atoms with van der Waals surface area (Å²) < 4.78 is 18.2. The van der Waals surface area contributed by atoms with Crippen LogP contribution in [-0.4, -0.2) is 16.2 Å². The van der Waals surface area contributed by atoms with Crippen molar-refractivity contribution in [2.75, 3.05) is 5.32 Å². The largest absolute Gasteiger partial charge is 0.476 e. The molecule has 94 valence electrons. The third kappa shape index (κ3) is 2.86. The third-order valence-corrected chi connectivity index (χ3v) is 2.82. The molecule has 0 aliphatic carbocycles. The number of aromatic nitrogens is 1. The van der Waals surface area contributed by atoms with Gasteiger partial charge in [0.1, 0.15) is 5.82 Å². The molecule has 0 saturated heterocycles. The van der Waals surface area contributed by atoms with Gasteiger partial charge in [0.25, 0.3) is 0 Å². The van der Waals surface area contributed by atoms with Crippen LogP contribution in [0.5, 0.6) is 0 Å². The number of anilines is 1. The minimum absolute atomic E-state index is 0.148. The van der Waals surface area contributed by atoms with Gasteiger partial charge in [-0.3, -0.25) is 0 Å². The molecule has 0 aliphatic rings. The Kier molecular flexibility index (Phi) is 3.61. The standard InChI is InChI=1S/C11H8BrFN2O3/c12-8-3-6(13)1-2-9(8)14-5-7-4-10(11(16)17)15-18-7/h1-4,14H,5H2,(H,16,17). The number of hydrogen-bond donors (Lipinski definition) is 2. The van der Waals surface area contributed by atoms with E-state index in [1.54, 1.807) is 6.07 Å². The van der Waals surface area contributed by atoms with E-state index in [2.05, 4.69) is 26.4 Å². The monoisotopic (exact) mass is 314 g/mol. The number of benzene rings is 1. The van der Waals surface area contributed by atoms with Crippen molar-refractivity contribution in [2.24, 2.45) is 0 Å². The summed E-state index contributed by atoms with van der Waals surface area (Å²) in [7, 11) is 0. The summed E-state index contributed by atoms with van der Waals surface area (Å²) in [6.45, 7) is 0.254. The Morgan fingerprint density at radius 2 is 2.28 bits per heavy atom. The highest BCUT2D eigenvalue weighted by Crippen LogP contribution is 2.23. The average Bonchev–Trinajstić information content (AvgIpc) is 2.76. The van der Waals surface area contributed by atoms with Gasteiger partial charge in [-0.25, -0.2) is 9.18 Å². The molecule has 0 atom stereocenters. The van der Waals surface area contributed by atoms with Crippen LogP contribution >= 0.6 is 15.9 Å². The lowest BCUT2D eigenvalue weighted by molar-refractivity contribution is 0.0685. The molecule has 2 N–H and O–H groups in total. The van der Waals surface area contributed by atoms with E-state index in [1.807, 2.05) is 0 Å². The summed E-state index contributed by atoms with van der Waals surface area (Å²) in [5, 5.41) is 15.0. The van der Waals surface area contributed by atoms with Crippen LogP contribution in [0.15, 0.2) is 33.3 Å². The van der Waals surface area contributed by atoms with Gasteiger partial charge in [0.2, 0.25) is 0 Å². The van der Waals surface area contributed by atoms with E-state index in [0.29, 0.717) is 15.9 Å². The van der Waals surface area contributed by atoms with Gasteiger partial charge in [-0.1, -0.05) is 5.16 Å². The zero-order valence-corrected chi connectivity index (χ0v) is 10.6. The molecular weight excluding hydrogens is 307 g/mol. The quantitative estimate of drug-likeness (QED) is 0.907. The Labute approximate surface area is 110 Å². The van der Waals surface area contributed by atoms with Gasteiger partial charge in [-0.05, 0) is 34.1 Å². The Morgan fingerprint density at radius 1 is 1.50 bits per heavy atom.